The summed E-state index contributed by atoms with van der Waals surface area (Å²) in [4.78, 5) is 11.9. The first-order valence-corrected chi connectivity index (χ1v) is 8.49. The number of urea groups is 1. The minimum Gasteiger partial charge on any atom is -0.387 e. The van der Waals surface area contributed by atoms with Crippen LogP contribution in [0.3, 0.4) is 0 Å². The first kappa shape index (κ1) is 17.3. The Balaban J connectivity index is 1.47. The van der Waals surface area contributed by atoms with Crippen LogP contribution in [0.4, 0.5) is 9.18 Å². The lowest BCUT2D eigenvalue weighted by Crippen LogP contribution is -2.38. The molecule has 0 aliphatic carbocycles. The SMILES string of the molecule is O=C(NCc1nnc2n1CCCCC2)NC[C@@H](O)c1ccc(F)cc1. The molecule has 3 N–H and O–H groups in total. The molecule has 25 heavy (non-hydrogen) atoms. The van der Waals surface area contributed by atoms with Crippen molar-refractivity contribution in [2.24, 2.45) is 0 Å². The van der Waals surface area contributed by atoms with Crippen LogP contribution in [0.15, 0.2) is 24.3 Å². The zero-order valence-electron chi connectivity index (χ0n) is 13.9. The van der Waals surface area contributed by atoms with Crippen LogP contribution in [0.5, 0.6) is 0 Å². The molecule has 8 heteroatoms. The van der Waals surface area contributed by atoms with Crippen LogP contribution in [0.1, 0.15) is 42.6 Å². The molecule has 1 aliphatic rings. The predicted octanol–water partition coefficient (Wildman–Crippen LogP) is 1.68. The quantitative estimate of drug-likeness (QED) is 0.767. The largest absolute Gasteiger partial charge is 0.387 e. The molecule has 0 radical (unpaired) electrons. The highest BCUT2D eigenvalue weighted by atomic mass is 19.1. The van der Waals surface area contributed by atoms with Gasteiger partial charge in [-0.15, -0.1) is 10.2 Å². The van der Waals surface area contributed by atoms with Crippen molar-refractivity contribution in [1.29, 1.82) is 0 Å². The van der Waals surface area contributed by atoms with E-state index < -0.39 is 12.1 Å². The number of aliphatic hydroxyl groups excluding tert-OH is 1. The summed E-state index contributed by atoms with van der Waals surface area (Å²) in [5.74, 6) is 1.35. The fourth-order valence-corrected chi connectivity index (χ4v) is 2.89. The molecule has 1 aliphatic heterocycles. The van der Waals surface area contributed by atoms with Gasteiger partial charge < -0.3 is 20.3 Å². The molecule has 2 aromatic rings. The highest BCUT2D eigenvalue weighted by Gasteiger charge is 2.15. The molecule has 1 aromatic heterocycles. The molecule has 2 amide bonds. The van der Waals surface area contributed by atoms with Crippen LogP contribution >= 0.6 is 0 Å². The summed E-state index contributed by atoms with van der Waals surface area (Å²) in [6.07, 6.45) is 3.42. The van der Waals surface area contributed by atoms with Crippen LogP contribution in [-0.2, 0) is 19.5 Å². The Hall–Kier alpha value is -2.48. The Morgan fingerprint density at radius 2 is 2.00 bits per heavy atom. The van der Waals surface area contributed by atoms with Gasteiger partial charge >= 0.3 is 6.03 Å². The average molecular weight is 347 g/mol. The zero-order chi connectivity index (χ0) is 17.6. The van der Waals surface area contributed by atoms with Crippen molar-refractivity contribution >= 4 is 6.03 Å². The lowest BCUT2D eigenvalue weighted by atomic mass is 10.1. The van der Waals surface area contributed by atoms with Gasteiger partial charge in [0.05, 0.1) is 12.6 Å². The van der Waals surface area contributed by atoms with E-state index in [1.54, 1.807) is 0 Å². The number of hydrogen-bond acceptors (Lipinski definition) is 4. The van der Waals surface area contributed by atoms with Crippen LogP contribution in [-0.4, -0.2) is 32.4 Å². The second-order valence-corrected chi connectivity index (χ2v) is 6.13. The molecule has 0 fully saturated rings. The summed E-state index contributed by atoms with van der Waals surface area (Å²) in [5, 5.41) is 23.7. The fraction of sp³-hybridized carbons (Fsp3) is 0.471. The number of amides is 2. The fourth-order valence-electron chi connectivity index (χ4n) is 2.89. The minimum absolute atomic E-state index is 0.0371. The first-order chi connectivity index (χ1) is 12.1. The van der Waals surface area contributed by atoms with Crippen molar-refractivity contribution in [3.63, 3.8) is 0 Å². The number of nitrogens with zero attached hydrogens (tertiary/aromatic N) is 3. The van der Waals surface area contributed by atoms with E-state index in [2.05, 4.69) is 25.4 Å². The summed E-state index contributed by atoms with van der Waals surface area (Å²) < 4.78 is 14.9. The molecule has 2 heterocycles. The third-order valence-electron chi connectivity index (χ3n) is 4.30. The molecule has 0 saturated carbocycles. The molecule has 7 nitrogen and oxygen atoms in total. The lowest BCUT2D eigenvalue weighted by Gasteiger charge is -2.13. The number of halogens is 1. The number of carbonyl (C=O) groups excluding carboxylic acids is 1. The van der Waals surface area contributed by atoms with Gasteiger partial charge in [0.25, 0.3) is 0 Å². The monoisotopic (exact) mass is 347 g/mol. The molecule has 0 unspecified atom stereocenters. The summed E-state index contributed by atoms with van der Waals surface area (Å²) >= 11 is 0. The van der Waals surface area contributed by atoms with Crippen LogP contribution < -0.4 is 10.6 Å². The van der Waals surface area contributed by atoms with Gasteiger partial charge in [0, 0.05) is 19.5 Å². The van der Waals surface area contributed by atoms with Crippen LogP contribution in [0.2, 0.25) is 0 Å². The Morgan fingerprint density at radius 3 is 2.80 bits per heavy atom. The minimum atomic E-state index is -0.893. The van der Waals surface area contributed by atoms with E-state index >= 15 is 0 Å². The van der Waals surface area contributed by atoms with E-state index in [0.29, 0.717) is 5.56 Å². The lowest BCUT2D eigenvalue weighted by molar-refractivity contribution is 0.173. The molecule has 0 saturated heterocycles. The first-order valence-electron chi connectivity index (χ1n) is 8.49. The maximum atomic E-state index is 12.9. The number of hydrogen-bond donors (Lipinski definition) is 3. The summed E-state index contributed by atoms with van der Waals surface area (Å²) in [6.45, 7) is 1.20. The Bertz CT molecular complexity index is 716. The van der Waals surface area contributed by atoms with Crippen molar-refractivity contribution < 1.29 is 14.3 Å². The highest BCUT2D eigenvalue weighted by molar-refractivity contribution is 5.73. The van der Waals surface area contributed by atoms with E-state index in [-0.39, 0.29) is 18.9 Å². The van der Waals surface area contributed by atoms with Gasteiger partial charge in [0.1, 0.15) is 11.6 Å². The third kappa shape index (κ3) is 4.54. The number of rotatable bonds is 5. The van der Waals surface area contributed by atoms with Crippen LogP contribution in [0, 0.1) is 5.82 Å². The van der Waals surface area contributed by atoms with Crippen molar-refractivity contribution in [3.8, 4) is 0 Å². The van der Waals surface area contributed by atoms with Gasteiger partial charge in [-0.25, -0.2) is 9.18 Å². The highest BCUT2D eigenvalue weighted by Crippen LogP contribution is 2.14. The topological polar surface area (TPSA) is 92.1 Å². The maximum absolute atomic E-state index is 12.9. The van der Waals surface area contributed by atoms with Gasteiger partial charge in [-0.05, 0) is 30.5 Å². The van der Waals surface area contributed by atoms with Gasteiger partial charge in [-0.3, -0.25) is 0 Å². The predicted molar refractivity (Wildman–Crippen MR) is 89.2 cm³/mol. The third-order valence-corrected chi connectivity index (χ3v) is 4.30. The van der Waals surface area contributed by atoms with Crippen LogP contribution in [0.25, 0.3) is 0 Å². The average Bonchev–Trinajstić information content (AvgIpc) is 2.85. The molecule has 0 spiro atoms. The van der Waals surface area contributed by atoms with E-state index in [9.17, 15) is 14.3 Å². The summed E-state index contributed by atoms with van der Waals surface area (Å²) in [5.41, 5.74) is 0.546. The number of nitrogens with one attached hydrogen (secondary N) is 2. The van der Waals surface area contributed by atoms with E-state index in [1.165, 1.54) is 30.7 Å². The van der Waals surface area contributed by atoms with Gasteiger partial charge in [-0.1, -0.05) is 18.6 Å². The van der Waals surface area contributed by atoms with Crippen molar-refractivity contribution in [3.05, 3.63) is 47.3 Å². The second-order valence-electron chi connectivity index (χ2n) is 6.13. The van der Waals surface area contributed by atoms with E-state index in [4.69, 9.17) is 0 Å². The number of aliphatic hydroxyl groups is 1. The zero-order valence-corrected chi connectivity index (χ0v) is 13.9. The number of fused-ring (bicyclic) bond motifs is 1. The van der Waals surface area contributed by atoms with Crippen molar-refractivity contribution in [2.45, 2.75) is 44.9 Å². The molecular weight excluding hydrogens is 325 g/mol. The van der Waals surface area contributed by atoms with E-state index in [1.807, 2.05) is 0 Å². The Labute approximate surface area is 145 Å². The van der Waals surface area contributed by atoms with Gasteiger partial charge in [-0.2, -0.15) is 0 Å². The molecule has 3 rings (SSSR count). The molecule has 1 atom stereocenters. The summed E-state index contributed by atoms with van der Waals surface area (Å²) in [6, 6.07) is 5.13. The number of aryl methyl sites for hydroxylation is 1. The maximum Gasteiger partial charge on any atom is 0.315 e. The van der Waals surface area contributed by atoms with Crippen molar-refractivity contribution in [2.75, 3.05) is 6.54 Å². The molecule has 0 bridgehead atoms. The number of carbonyl (C=O) groups is 1. The standard InChI is InChI=1S/C17H22FN5O2/c18-13-7-5-12(6-8-13)14(24)10-19-17(25)20-11-16-22-21-15-4-2-1-3-9-23(15)16/h5-8,14,24H,1-4,9-11H2,(H2,19,20,25)/t14-/m1/s1. The molecule has 134 valence electrons. The summed E-state index contributed by atoms with van der Waals surface area (Å²) in [7, 11) is 0. The van der Waals surface area contributed by atoms with Gasteiger partial charge in [0.2, 0.25) is 0 Å². The Kier molecular flexibility index (Phi) is 5.60. The Morgan fingerprint density at radius 1 is 1.20 bits per heavy atom. The molecule has 1 aromatic carbocycles. The smallest absolute Gasteiger partial charge is 0.315 e. The van der Waals surface area contributed by atoms with Gasteiger partial charge in [0.15, 0.2) is 5.82 Å². The second kappa shape index (κ2) is 8.06. The van der Waals surface area contributed by atoms with E-state index in [0.717, 1.165) is 37.5 Å². The molecular formula is C17H22FN5O2. The normalized spacial score (nSPS) is 15.1. The number of aromatic nitrogens is 3. The number of benzene rings is 1. The van der Waals surface area contributed by atoms with Crippen molar-refractivity contribution in [1.82, 2.24) is 25.4 Å².